The Morgan fingerprint density at radius 1 is 1.25 bits per heavy atom. The molecule has 14 heteroatoms. The Kier molecular flexibility index (Phi) is 7.03. The van der Waals surface area contributed by atoms with Crippen molar-refractivity contribution in [1.82, 2.24) is 18.9 Å². The maximum Gasteiger partial charge on any atom is 0.286 e. The molecule has 1 fully saturated rings. The Hall–Kier alpha value is -3.10. The number of nitrogens with one attached hydrogen (secondary N) is 1. The first-order valence-corrected chi connectivity index (χ1v) is 15.2. The SMILES string of the molecule is Cc1c(C(=O)N=S(C)(C)=O)cn2ncnc(Nc3ccc(F)cc3O[C@@H]3CCCN(S(C)(=O)=O)C3)c12. The van der Waals surface area contributed by atoms with Crippen LogP contribution in [-0.4, -0.2) is 75.4 Å². The normalized spacial score (nSPS) is 17.2. The molecule has 1 aliphatic rings. The highest BCUT2D eigenvalue weighted by molar-refractivity contribution is 7.92. The van der Waals surface area contributed by atoms with Gasteiger partial charge < -0.3 is 10.1 Å². The van der Waals surface area contributed by atoms with E-state index in [2.05, 4.69) is 19.8 Å². The monoisotopic (exact) mass is 538 g/mol. The second-order valence-electron chi connectivity index (χ2n) is 8.92. The Balaban J connectivity index is 1.67. The molecule has 1 N–H and O–H groups in total. The number of hydrogen-bond donors (Lipinski definition) is 1. The highest BCUT2D eigenvalue weighted by Crippen LogP contribution is 2.33. The molecule has 0 bridgehead atoms. The number of hydrogen-bond acceptors (Lipinski definition) is 8. The number of sulfonamides is 1. The molecule has 4 rings (SSSR count). The lowest BCUT2D eigenvalue weighted by molar-refractivity contribution is 0.100. The summed E-state index contributed by atoms with van der Waals surface area (Å²) in [7, 11) is -6.02. The number of carbonyl (C=O) groups excluding carboxylic acids is 1. The van der Waals surface area contributed by atoms with E-state index < -0.39 is 37.6 Å². The minimum atomic E-state index is -3.37. The molecule has 1 amide bonds. The van der Waals surface area contributed by atoms with Gasteiger partial charge in [0, 0.05) is 41.0 Å². The second kappa shape index (κ2) is 9.75. The summed E-state index contributed by atoms with van der Waals surface area (Å²) >= 11 is 0. The third-order valence-corrected chi connectivity index (χ3v) is 7.54. The van der Waals surface area contributed by atoms with Crippen LogP contribution in [0.1, 0.15) is 28.8 Å². The molecule has 1 saturated heterocycles. The minimum absolute atomic E-state index is 0.164. The third-order valence-electron chi connectivity index (χ3n) is 5.66. The number of anilines is 2. The van der Waals surface area contributed by atoms with E-state index in [-0.39, 0.29) is 17.9 Å². The highest BCUT2D eigenvalue weighted by atomic mass is 32.2. The molecule has 194 valence electrons. The number of aromatic nitrogens is 3. The number of halogens is 1. The number of piperidine rings is 1. The van der Waals surface area contributed by atoms with E-state index in [1.54, 1.807) is 6.92 Å². The quantitative estimate of drug-likeness (QED) is 0.506. The van der Waals surface area contributed by atoms with Crippen molar-refractivity contribution in [3.63, 3.8) is 0 Å². The molecule has 0 spiro atoms. The predicted octanol–water partition coefficient (Wildman–Crippen LogP) is 2.59. The standard InChI is InChI=1S/C22H27FN6O5S2/c1-14-17(22(30)27-35(2,3)31)12-29-20(14)21(24-13-25-29)26-18-8-7-15(23)10-19(18)34-16-6-5-9-28(11-16)36(4,32)33/h7-8,10,12-13,16H,5-6,9,11H2,1-4H3,(H,24,25,26)/t16-/m1/s1. The smallest absolute Gasteiger partial charge is 0.286 e. The van der Waals surface area contributed by atoms with Crippen LogP contribution in [-0.2, 0) is 19.8 Å². The van der Waals surface area contributed by atoms with Gasteiger partial charge >= 0.3 is 0 Å². The van der Waals surface area contributed by atoms with Gasteiger partial charge in [0.1, 0.15) is 29.5 Å². The Labute approximate surface area is 208 Å². The lowest BCUT2D eigenvalue weighted by atomic mass is 10.1. The van der Waals surface area contributed by atoms with Gasteiger partial charge in [-0.3, -0.25) is 4.79 Å². The summed E-state index contributed by atoms with van der Waals surface area (Å²) in [6.45, 7) is 2.28. The summed E-state index contributed by atoms with van der Waals surface area (Å²) in [4.78, 5) is 16.9. The zero-order valence-corrected chi connectivity index (χ0v) is 21.9. The van der Waals surface area contributed by atoms with Crippen molar-refractivity contribution in [2.75, 3.05) is 37.2 Å². The summed E-state index contributed by atoms with van der Waals surface area (Å²) in [5, 5.41) is 7.27. The van der Waals surface area contributed by atoms with E-state index in [9.17, 15) is 21.8 Å². The first kappa shape index (κ1) is 26.0. The fraction of sp³-hybridized carbons (Fsp3) is 0.409. The molecule has 2 aromatic heterocycles. The second-order valence-corrected chi connectivity index (χ2v) is 13.4. The molecular weight excluding hydrogens is 511 g/mol. The number of benzene rings is 1. The van der Waals surface area contributed by atoms with E-state index >= 15 is 0 Å². The van der Waals surface area contributed by atoms with Crippen molar-refractivity contribution in [3.05, 3.63) is 47.7 Å². The first-order chi connectivity index (χ1) is 16.8. The summed E-state index contributed by atoms with van der Waals surface area (Å²) in [6.07, 6.45) is 7.45. The number of nitrogens with zero attached hydrogens (tertiary/aromatic N) is 5. The first-order valence-electron chi connectivity index (χ1n) is 11.0. The number of ether oxygens (including phenoxy) is 1. The molecule has 11 nitrogen and oxygen atoms in total. The maximum absolute atomic E-state index is 14.1. The lowest BCUT2D eigenvalue weighted by Gasteiger charge is -2.31. The van der Waals surface area contributed by atoms with Crippen molar-refractivity contribution < 1.29 is 26.5 Å². The number of fused-ring (bicyclic) bond motifs is 1. The highest BCUT2D eigenvalue weighted by Gasteiger charge is 2.28. The molecule has 0 saturated carbocycles. The maximum atomic E-state index is 14.1. The van der Waals surface area contributed by atoms with Gasteiger partial charge in [-0.25, -0.2) is 26.5 Å². The zero-order valence-electron chi connectivity index (χ0n) is 20.3. The van der Waals surface area contributed by atoms with E-state index in [0.29, 0.717) is 42.0 Å². The number of aryl methyl sites for hydroxylation is 1. The van der Waals surface area contributed by atoms with E-state index in [1.807, 2.05) is 0 Å². The minimum Gasteiger partial charge on any atom is -0.487 e. The van der Waals surface area contributed by atoms with Crippen molar-refractivity contribution in [3.8, 4) is 5.75 Å². The van der Waals surface area contributed by atoms with Crippen molar-refractivity contribution in [2.24, 2.45) is 4.36 Å². The molecule has 0 radical (unpaired) electrons. The van der Waals surface area contributed by atoms with Gasteiger partial charge in [0.25, 0.3) is 5.91 Å². The van der Waals surface area contributed by atoms with Gasteiger partial charge in [-0.2, -0.15) is 13.8 Å². The Morgan fingerprint density at radius 2 is 2.00 bits per heavy atom. The van der Waals surface area contributed by atoms with E-state index in [4.69, 9.17) is 4.74 Å². The molecule has 0 aliphatic carbocycles. The summed E-state index contributed by atoms with van der Waals surface area (Å²) < 4.78 is 62.7. The fourth-order valence-electron chi connectivity index (χ4n) is 4.02. The van der Waals surface area contributed by atoms with Crippen LogP contribution in [0.25, 0.3) is 5.52 Å². The van der Waals surface area contributed by atoms with E-state index in [0.717, 1.165) is 6.26 Å². The topological polar surface area (TPSA) is 135 Å². The van der Waals surface area contributed by atoms with Crippen LogP contribution in [0, 0.1) is 12.7 Å². The molecule has 0 unspecified atom stereocenters. The van der Waals surface area contributed by atoms with E-state index in [1.165, 1.54) is 52.1 Å². The van der Waals surface area contributed by atoms with Gasteiger partial charge in [0.15, 0.2) is 5.82 Å². The van der Waals surface area contributed by atoms with Gasteiger partial charge in [-0.1, -0.05) is 0 Å². The van der Waals surface area contributed by atoms with Gasteiger partial charge in [-0.05, 0) is 37.5 Å². The van der Waals surface area contributed by atoms with Crippen LogP contribution in [0.2, 0.25) is 0 Å². The van der Waals surface area contributed by atoms with Crippen LogP contribution in [0.3, 0.4) is 0 Å². The van der Waals surface area contributed by atoms with Gasteiger partial charge in [0.05, 0.1) is 24.1 Å². The van der Waals surface area contributed by atoms with Crippen LogP contribution in [0.5, 0.6) is 5.75 Å². The fourth-order valence-corrected chi connectivity index (χ4v) is 5.42. The van der Waals surface area contributed by atoms with Gasteiger partial charge in [0.2, 0.25) is 10.0 Å². The average Bonchev–Trinajstić information content (AvgIpc) is 3.12. The molecule has 1 aliphatic heterocycles. The van der Waals surface area contributed by atoms with Crippen LogP contribution >= 0.6 is 0 Å². The number of carbonyl (C=O) groups is 1. The van der Waals surface area contributed by atoms with Gasteiger partial charge in [-0.15, -0.1) is 0 Å². The number of amides is 1. The van der Waals surface area contributed by atoms with Crippen molar-refractivity contribution in [1.29, 1.82) is 0 Å². The molecule has 1 aromatic carbocycles. The summed E-state index contributed by atoms with van der Waals surface area (Å²) in [5.74, 6) is -0.625. The average molecular weight is 539 g/mol. The summed E-state index contributed by atoms with van der Waals surface area (Å²) in [5.41, 5.74) is 1.63. The van der Waals surface area contributed by atoms with Crippen LogP contribution in [0.15, 0.2) is 35.1 Å². The predicted molar refractivity (Wildman–Crippen MR) is 134 cm³/mol. The Morgan fingerprint density at radius 3 is 2.69 bits per heavy atom. The lowest BCUT2D eigenvalue weighted by Crippen LogP contribution is -2.43. The number of rotatable bonds is 6. The van der Waals surface area contributed by atoms with Crippen LogP contribution in [0.4, 0.5) is 15.9 Å². The molecular formula is C22H27FN6O5S2. The third kappa shape index (κ3) is 5.82. The molecule has 36 heavy (non-hydrogen) atoms. The van der Waals surface area contributed by atoms with Crippen molar-refractivity contribution in [2.45, 2.75) is 25.9 Å². The molecule has 1 atom stereocenters. The van der Waals surface area contributed by atoms with Crippen LogP contribution < -0.4 is 10.1 Å². The summed E-state index contributed by atoms with van der Waals surface area (Å²) in [6, 6.07) is 3.97. The zero-order chi connectivity index (χ0) is 26.3. The molecule has 3 heterocycles. The van der Waals surface area contributed by atoms with Crippen molar-refractivity contribution >= 4 is 42.7 Å². The molecule has 3 aromatic rings. The Bertz CT molecular complexity index is 1550. The largest absolute Gasteiger partial charge is 0.487 e.